The smallest absolute Gasteiger partial charge is 0.329 e. The highest BCUT2D eigenvalue weighted by atomic mass is 16.5. The quantitative estimate of drug-likeness (QED) is 0.641. The Morgan fingerprint density at radius 1 is 1.03 bits per heavy atom. The fourth-order valence-electron chi connectivity index (χ4n) is 4.70. The minimum Gasteiger partial charge on any atom is -0.497 e. The number of imide groups is 1. The fourth-order valence-corrected chi connectivity index (χ4v) is 4.70. The number of urea groups is 1. The van der Waals surface area contributed by atoms with E-state index < -0.39 is 5.54 Å². The summed E-state index contributed by atoms with van der Waals surface area (Å²) in [4.78, 5) is 28.8. The Kier molecular flexibility index (Phi) is 4.67. The number of quaternary nitrogens is 1. The molecule has 6 heteroatoms. The third-order valence-electron chi connectivity index (χ3n) is 6.59. The number of carbonyl (C=O) groups excluding carboxylic acids is 2. The summed E-state index contributed by atoms with van der Waals surface area (Å²) in [6.45, 7) is 3.89. The second-order valence-electron chi connectivity index (χ2n) is 8.57. The predicted molar refractivity (Wildman–Crippen MR) is 118 cm³/mol. The first-order valence-electron chi connectivity index (χ1n) is 10.6. The lowest BCUT2D eigenvalue weighted by molar-refractivity contribution is -0.923. The molecule has 158 valence electrons. The van der Waals surface area contributed by atoms with Crippen LogP contribution in [0.1, 0.15) is 23.6 Å². The van der Waals surface area contributed by atoms with Crippen molar-refractivity contribution in [1.82, 2.24) is 10.2 Å². The van der Waals surface area contributed by atoms with Crippen LogP contribution < -0.4 is 15.0 Å². The average Bonchev–Trinajstić information content (AvgIpc) is 3.02. The summed E-state index contributed by atoms with van der Waals surface area (Å²) in [5.41, 5.74) is 2.37. The van der Waals surface area contributed by atoms with Gasteiger partial charge in [0.2, 0.25) is 0 Å². The van der Waals surface area contributed by atoms with Gasteiger partial charge in [-0.1, -0.05) is 42.5 Å². The van der Waals surface area contributed by atoms with Gasteiger partial charge in [0, 0.05) is 12.0 Å². The highest BCUT2D eigenvalue weighted by molar-refractivity contribution is 6.07. The Morgan fingerprint density at radius 3 is 2.58 bits per heavy atom. The van der Waals surface area contributed by atoms with Gasteiger partial charge in [0.15, 0.2) is 6.67 Å². The first-order valence-corrected chi connectivity index (χ1v) is 10.6. The van der Waals surface area contributed by atoms with E-state index in [0.29, 0.717) is 6.67 Å². The van der Waals surface area contributed by atoms with Gasteiger partial charge in [0.25, 0.3) is 5.91 Å². The van der Waals surface area contributed by atoms with Crippen molar-refractivity contribution in [2.75, 3.05) is 20.3 Å². The van der Waals surface area contributed by atoms with Crippen LogP contribution in [0.2, 0.25) is 0 Å². The van der Waals surface area contributed by atoms with Crippen molar-refractivity contribution in [3.8, 4) is 5.75 Å². The third kappa shape index (κ3) is 3.33. The lowest BCUT2D eigenvalue weighted by Crippen LogP contribution is -3.13. The van der Waals surface area contributed by atoms with Gasteiger partial charge in [-0.2, -0.15) is 0 Å². The molecule has 1 fully saturated rings. The highest BCUT2D eigenvalue weighted by Crippen LogP contribution is 2.31. The molecule has 2 atom stereocenters. The van der Waals surface area contributed by atoms with Crippen LogP contribution in [0.25, 0.3) is 10.8 Å². The maximum absolute atomic E-state index is 13.4. The number of hydrogen-bond acceptors (Lipinski definition) is 3. The van der Waals surface area contributed by atoms with Crippen molar-refractivity contribution in [2.45, 2.75) is 25.4 Å². The SMILES string of the molecule is COc1ccc2cc([C@@]3(C)NC(=O)N(C[NH+]4CCc5ccccc5C4)C3=O)ccc2c1. The maximum Gasteiger partial charge on any atom is 0.329 e. The molecule has 0 aromatic heterocycles. The van der Waals surface area contributed by atoms with Gasteiger partial charge in [0.05, 0.1) is 13.7 Å². The van der Waals surface area contributed by atoms with Gasteiger partial charge in [-0.25, -0.2) is 9.69 Å². The summed E-state index contributed by atoms with van der Waals surface area (Å²) in [7, 11) is 1.64. The number of carbonyl (C=O) groups is 2. The minimum atomic E-state index is -1.07. The summed E-state index contributed by atoms with van der Waals surface area (Å²) in [6, 6.07) is 19.7. The molecule has 2 aliphatic heterocycles. The molecule has 2 N–H and O–H groups in total. The molecular formula is C25H26N3O3+. The normalized spacial score (nSPS) is 23.0. The standard InChI is InChI=1S/C25H25N3O3/c1-25(21-9-7-19-14-22(31-2)10-8-18(19)13-21)23(29)28(24(30)26-25)16-27-12-11-17-5-3-4-6-20(17)15-27/h3-10,13-14H,11-12,15-16H2,1-2H3,(H,26,30)/p+1/t25-/m1/s1. The van der Waals surface area contributed by atoms with Crippen molar-refractivity contribution >= 4 is 22.7 Å². The molecule has 3 amide bonds. The summed E-state index contributed by atoms with van der Waals surface area (Å²) >= 11 is 0. The number of amides is 3. The van der Waals surface area contributed by atoms with Crippen LogP contribution in [0.3, 0.4) is 0 Å². The molecule has 1 saturated heterocycles. The number of methoxy groups -OCH3 is 1. The van der Waals surface area contributed by atoms with Crippen molar-refractivity contribution < 1.29 is 19.2 Å². The topological polar surface area (TPSA) is 63.1 Å². The van der Waals surface area contributed by atoms with Crippen molar-refractivity contribution in [3.63, 3.8) is 0 Å². The van der Waals surface area contributed by atoms with Gasteiger partial charge in [-0.3, -0.25) is 4.79 Å². The second-order valence-corrected chi connectivity index (χ2v) is 8.57. The Bertz CT molecular complexity index is 1190. The van der Waals surface area contributed by atoms with Gasteiger partial charge in [-0.05, 0) is 47.0 Å². The molecule has 0 saturated carbocycles. The number of benzene rings is 3. The highest BCUT2D eigenvalue weighted by Gasteiger charge is 2.50. The van der Waals surface area contributed by atoms with Crippen molar-refractivity contribution in [3.05, 3.63) is 77.4 Å². The van der Waals surface area contributed by atoms with Crippen LogP contribution in [-0.2, 0) is 23.3 Å². The minimum absolute atomic E-state index is 0.197. The van der Waals surface area contributed by atoms with E-state index in [1.807, 2.05) is 42.5 Å². The molecule has 6 nitrogen and oxygen atoms in total. The van der Waals surface area contributed by atoms with E-state index in [4.69, 9.17) is 4.74 Å². The van der Waals surface area contributed by atoms with E-state index in [0.717, 1.165) is 41.6 Å². The molecule has 2 aliphatic rings. The zero-order valence-electron chi connectivity index (χ0n) is 17.8. The summed E-state index contributed by atoms with van der Waals surface area (Å²) < 4.78 is 5.29. The molecule has 0 aliphatic carbocycles. The number of ether oxygens (including phenoxy) is 1. The largest absolute Gasteiger partial charge is 0.497 e. The Labute approximate surface area is 181 Å². The lowest BCUT2D eigenvalue weighted by Gasteiger charge is -2.28. The van der Waals surface area contributed by atoms with Gasteiger partial charge < -0.3 is 15.0 Å². The lowest BCUT2D eigenvalue weighted by atomic mass is 9.90. The molecule has 5 rings (SSSR count). The Hall–Kier alpha value is -3.38. The Morgan fingerprint density at radius 2 is 1.77 bits per heavy atom. The molecule has 0 bridgehead atoms. The number of hydrogen-bond donors (Lipinski definition) is 2. The molecule has 31 heavy (non-hydrogen) atoms. The van der Waals surface area contributed by atoms with E-state index in [1.165, 1.54) is 20.9 Å². The third-order valence-corrected chi connectivity index (χ3v) is 6.59. The number of nitrogens with one attached hydrogen (secondary N) is 2. The number of fused-ring (bicyclic) bond motifs is 2. The van der Waals surface area contributed by atoms with Gasteiger partial charge in [0.1, 0.15) is 17.8 Å². The Balaban J connectivity index is 1.38. The zero-order valence-corrected chi connectivity index (χ0v) is 17.8. The van der Waals surface area contributed by atoms with E-state index >= 15 is 0 Å². The predicted octanol–water partition coefficient (Wildman–Crippen LogP) is 2.21. The number of nitrogens with zero attached hydrogens (tertiary/aromatic N) is 1. The summed E-state index contributed by atoms with van der Waals surface area (Å²) in [5, 5.41) is 4.97. The van der Waals surface area contributed by atoms with Gasteiger partial charge >= 0.3 is 6.03 Å². The summed E-state index contributed by atoms with van der Waals surface area (Å²) in [6.07, 6.45) is 0.959. The first-order chi connectivity index (χ1) is 15.0. The molecule has 2 heterocycles. The van der Waals surface area contributed by atoms with Crippen LogP contribution in [0.15, 0.2) is 60.7 Å². The van der Waals surface area contributed by atoms with Crippen LogP contribution in [0.5, 0.6) is 5.75 Å². The van der Waals surface area contributed by atoms with Crippen LogP contribution in [0, 0.1) is 0 Å². The van der Waals surface area contributed by atoms with E-state index in [9.17, 15) is 9.59 Å². The number of rotatable bonds is 4. The molecule has 3 aromatic carbocycles. The molecule has 1 unspecified atom stereocenters. The molecular weight excluding hydrogens is 390 g/mol. The van der Waals surface area contributed by atoms with Crippen LogP contribution in [0.4, 0.5) is 4.79 Å². The molecule has 0 spiro atoms. The molecule has 3 aromatic rings. The van der Waals surface area contributed by atoms with Crippen LogP contribution >= 0.6 is 0 Å². The van der Waals surface area contributed by atoms with Crippen LogP contribution in [-0.4, -0.2) is 37.2 Å². The first kappa shape index (κ1) is 19.6. The monoisotopic (exact) mass is 416 g/mol. The average molecular weight is 417 g/mol. The fraction of sp³-hybridized carbons (Fsp3) is 0.280. The van der Waals surface area contributed by atoms with Crippen molar-refractivity contribution in [1.29, 1.82) is 0 Å². The van der Waals surface area contributed by atoms with E-state index in [2.05, 4.69) is 23.5 Å². The summed E-state index contributed by atoms with van der Waals surface area (Å²) in [5.74, 6) is 0.589. The zero-order chi connectivity index (χ0) is 21.6. The maximum atomic E-state index is 13.4. The molecule has 0 radical (unpaired) electrons. The second kappa shape index (κ2) is 7.39. The van der Waals surface area contributed by atoms with Gasteiger partial charge in [-0.15, -0.1) is 0 Å². The van der Waals surface area contributed by atoms with E-state index in [-0.39, 0.29) is 11.9 Å². The van der Waals surface area contributed by atoms with Crippen molar-refractivity contribution in [2.24, 2.45) is 0 Å². The van der Waals surface area contributed by atoms with E-state index in [1.54, 1.807) is 14.0 Å².